The summed E-state index contributed by atoms with van der Waals surface area (Å²) in [4.78, 5) is 22.7. The maximum atomic E-state index is 11.9. The molecule has 0 aliphatic carbocycles. The summed E-state index contributed by atoms with van der Waals surface area (Å²) < 4.78 is 5.59. The van der Waals surface area contributed by atoms with Crippen molar-refractivity contribution < 1.29 is 14.3 Å². The Bertz CT molecular complexity index is 691. The number of carbonyl (C=O) groups excluding carboxylic acids is 2. The van der Waals surface area contributed by atoms with Crippen LogP contribution < -0.4 is 21.1 Å². The van der Waals surface area contributed by atoms with Crippen molar-refractivity contribution in [2.24, 2.45) is 5.73 Å². The Morgan fingerprint density at radius 3 is 2.00 bits per heavy atom. The number of aryl methyl sites for hydroxylation is 2. The molecule has 0 aliphatic rings. The SMILES string of the molecule is Cc1cccc(C)c1OCC(=O)Nc1ccc(NC(N)=O)cc1. The Labute approximate surface area is 134 Å². The molecule has 0 aliphatic heterocycles. The number of nitrogens with two attached hydrogens (primary N) is 1. The first kappa shape index (κ1) is 16.4. The number of urea groups is 1. The molecule has 6 nitrogen and oxygen atoms in total. The summed E-state index contributed by atoms with van der Waals surface area (Å²) in [7, 11) is 0. The molecule has 4 N–H and O–H groups in total. The van der Waals surface area contributed by atoms with Crippen molar-refractivity contribution in [3.05, 3.63) is 53.6 Å². The van der Waals surface area contributed by atoms with Gasteiger partial charge >= 0.3 is 6.03 Å². The smallest absolute Gasteiger partial charge is 0.316 e. The van der Waals surface area contributed by atoms with E-state index in [9.17, 15) is 9.59 Å². The molecule has 2 aromatic carbocycles. The molecule has 23 heavy (non-hydrogen) atoms. The average Bonchev–Trinajstić information content (AvgIpc) is 2.48. The Kier molecular flexibility index (Phi) is 5.19. The highest BCUT2D eigenvalue weighted by Gasteiger charge is 2.07. The molecule has 2 aromatic rings. The molecule has 0 unspecified atom stereocenters. The highest BCUT2D eigenvalue weighted by atomic mass is 16.5. The molecule has 0 atom stereocenters. The quantitative estimate of drug-likeness (QED) is 0.792. The number of hydrogen-bond donors (Lipinski definition) is 3. The van der Waals surface area contributed by atoms with Crippen molar-refractivity contribution in [2.45, 2.75) is 13.8 Å². The molecule has 0 saturated heterocycles. The number of para-hydroxylation sites is 1. The largest absolute Gasteiger partial charge is 0.483 e. The predicted molar refractivity (Wildman–Crippen MR) is 89.7 cm³/mol. The van der Waals surface area contributed by atoms with Gasteiger partial charge in [0, 0.05) is 11.4 Å². The fourth-order valence-corrected chi connectivity index (χ4v) is 2.14. The Morgan fingerprint density at radius 2 is 1.48 bits per heavy atom. The molecule has 3 amide bonds. The van der Waals surface area contributed by atoms with Crippen molar-refractivity contribution in [1.29, 1.82) is 0 Å². The lowest BCUT2D eigenvalue weighted by Gasteiger charge is -2.12. The fraction of sp³-hybridized carbons (Fsp3) is 0.176. The number of amides is 3. The van der Waals surface area contributed by atoms with Gasteiger partial charge in [0.25, 0.3) is 5.91 Å². The maximum Gasteiger partial charge on any atom is 0.316 e. The summed E-state index contributed by atoms with van der Waals surface area (Å²) in [6, 6.07) is 11.8. The minimum atomic E-state index is -0.635. The van der Waals surface area contributed by atoms with Gasteiger partial charge in [-0.05, 0) is 49.2 Å². The molecule has 2 rings (SSSR count). The van der Waals surface area contributed by atoms with E-state index >= 15 is 0 Å². The monoisotopic (exact) mass is 313 g/mol. The van der Waals surface area contributed by atoms with Gasteiger partial charge in [-0.1, -0.05) is 18.2 Å². The molecular formula is C17H19N3O3. The highest BCUT2D eigenvalue weighted by molar-refractivity contribution is 5.92. The van der Waals surface area contributed by atoms with Gasteiger partial charge in [0.1, 0.15) is 5.75 Å². The van der Waals surface area contributed by atoms with Gasteiger partial charge in [0.05, 0.1) is 0 Å². The minimum Gasteiger partial charge on any atom is -0.483 e. The molecule has 6 heteroatoms. The second-order valence-corrected chi connectivity index (χ2v) is 5.12. The maximum absolute atomic E-state index is 11.9. The van der Waals surface area contributed by atoms with Crippen molar-refractivity contribution in [3.63, 3.8) is 0 Å². The second kappa shape index (κ2) is 7.31. The summed E-state index contributed by atoms with van der Waals surface area (Å²) in [6.07, 6.45) is 0. The fourth-order valence-electron chi connectivity index (χ4n) is 2.14. The number of carbonyl (C=O) groups is 2. The van der Waals surface area contributed by atoms with Gasteiger partial charge in [-0.3, -0.25) is 4.79 Å². The lowest BCUT2D eigenvalue weighted by Crippen LogP contribution is -2.21. The molecule has 0 spiro atoms. The van der Waals surface area contributed by atoms with Crippen LogP contribution in [0, 0.1) is 13.8 Å². The third-order valence-corrected chi connectivity index (χ3v) is 3.19. The standard InChI is InChI=1S/C17H19N3O3/c1-11-4-3-5-12(2)16(11)23-10-15(21)19-13-6-8-14(9-7-13)20-17(18)22/h3-9H,10H2,1-2H3,(H,19,21)(H3,18,20,22). The van der Waals surface area contributed by atoms with E-state index in [1.807, 2.05) is 32.0 Å². The number of ether oxygens (including phenoxy) is 1. The summed E-state index contributed by atoms with van der Waals surface area (Å²) in [5, 5.41) is 5.17. The molecule has 0 fully saturated rings. The predicted octanol–water partition coefficient (Wildman–Crippen LogP) is 2.81. The van der Waals surface area contributed by atoms with Gasteiger partial charge in [-0.25, -0.2) is 4.79 Å². The number of rotatable bonds is 5. The molecule has 0 aromatic heterocycles. The van der Waals surface area contributed by atoms with Crippen LogP contribution in [0.15, 0.2) is 42.5 Å². The summed E-state index contributed by atoms with van der Waals surface area (Å²) in [5.41, 5.74) is 8.16. The van der Waals surface area contributed by atoms with E-state index in [2.05, 4.69) is 10.6 Å². The van der Waals surface area contributed by atoms with Crippen LogP contribution in [-0.4, -0.2) is 18.5 Å². The lowest BCUT2D eigenvalue weighted by molar-refractivity contribution is -0.118. The van der Waals surface area contributed by atoms with Crippen LogP contribution >= 0.6 is 0 Å². The number of hydrogen-bond acceptors (Lipinski definition) is 3. The first-order chi connectivity index (χ1) is 11.0. The molecule has 120 valence electrons. The molecule has 0 radical (unpaired) electrons. The Hall–Kier alpha value is -3.02. The summed E-state index contributed by atoms with van der Waals surface area (Å²) in [6.45, 7) is 3.79. The Morgan fingerprint density at radius 1 is 0.957 bits per heavy atom. The molecule has 0 bridgehead atoms. The van der Waals surface area contributed by atoms with E-state index in [4.69, 9.17) is 10.5 Å². The second-order valence-electron chi connectivity index (χ2n) is 5.12. The zero-order chi connectivity index (χ0) is 16.8. The van der Waals surface area contributed by atoms with Crippen LogP contribution in [-0.2, 0) is 4.79 Å². The topological polar surface area (TPSA) is 93.4 Å². The third-order valence-electron chi connectivity index (χ3n) is 3.19. The average molecular weight is 313 g/mol. The molecule has 0 heterocycles. The molecular weight excluding hydrogens is 294 g/mol. The number of anilines is 2. The van der Waals surface area contributed by atoms with E-state index in [1.54, 1.807) is 24.3 Å². The van der Waals surface area contributed by atoms with Gasteiger partial charge in [-0.15, -0.1) is 0 Å². The Balaban J connectivity index is 1.91. The van der Waals surface area contributed by atoms with Crippen LogP contribution in [0.5, 0.6) is 5.75 Å². The van der Waals surface area contributed by atoms with Crippen LogP contribution in [0.25, 0.3) is 0 Å². The van der Waals surface area contributed by atoms with Crippen LogP contribution in [0.3, 0.4) is 0 Å². The van der Waals surface area contributed by atoms with Crippen LogP contribution in [0.2, 0.25) is 0 Å². The third kappa shape index (κ3) is 4.74. The van der Waals surface area contributed by atoms with E-state index in [0.29, 0.717) is 11.4 Å². The van der Waals surface area contributed by atoms with Crippen LogP contribution in [0.1, 0.15) is 11.1 Å². The number of nitrogens with one attached hydrogen (secondary N) is 2. The highest BCUT2D eigenvalue weighted by Crippen LogP contribution is 2.22. The van der Waals surface area contributed by atoms with E-state index in [0.717, 1.165) is 16.9 Å². The zero-order valence-electron chi connectivity index (χ0n) is 13.1. The number of benzene rings is 2. The van der Waals surface area contributed by atoms with Crippen molar-refractivity contribution in [3.8, 4) is 5.75 Å². The van der Waals surface area contributed by atoms with Crippen molar-refractivity contribution >= 4 is 23.3 Å². The van der Waals surface area contributed by atoms with Gasteiger partial charge < -0.3 is 21.1 Å². The number of primary amides is 1. The van der Waals surface area contributed by atoms with Gasteiger partial charge in [0.15, 0.2) is 6.61 Å². The lowest BCUT2D eigenvalue weighted by atomic mass is 10.1. The summed E-state index contributed by atoms with van der Waals surface area (Å²) in [5.74, 6) is 0.465. The van der Waals surface area contributed by atoms with Gasteiger partial charge in [-0.2, -0.15) is 0 Å². The van der Waals surface area contributed by atoms with E-state index in [1.165, 1.54) is 0 Å². The first-order valence-corrected chi connectivity index (χ1v) is 7.11. The van der Waals surface area contributed by atoms with Crippen molar-refractivity contribution in [2.75, 3.05) is 17.2 Å². The normalized spacial score (nSPS) is 10.0. The minimum absolute atomic E-state index is 0.0764. The van der Waals surface area contributed by atoms with Gasteiger partial charge in [0.2, 0.25) is 0 Å². The van der Waals surface area contributed by atoms with E-state index in [-0.39, 0.29) is 12.5 Å². The van der Waals surface area contributed by atoms with E-state index < -0.39 is 6.03 Å². The zero-order valence-corrected chi connectivity index (χ0v) is 13.1. The van der Waals surface area contributed by atoms with Crippen LogP contribution in [0.4, 0.5) is 16.2 Å². The first-order valence-electron chi connectivity index (χ1n) is 7.11. The summed E-state index contributed by atoms with van der Waals surface area (Å²) >= 11 is 0. The van der Waals surface area contributed by atoms with Crippen molar-refractivity contribution in [1.82, 2.24) is 0 Å². The molecule has 0 saturated carbocycles.